The normalized spacial score (nSPS) is 12.5. The van der Waals surface area contributed by atoms with Crippen LogP contribution < -0.4 is 0 Å². The van der Waals surface area contributed by atoms with Crippen LogP contribution in [-0.2, 0) is 5.41 Å². The Labute approximate surface area is 287 Å². The molecular formula is C46H32S2. The predicted molar refractivity (Wildman–Crippen MR) is 214 cm³/mol. The summed E-state index contributed by atoms with van der Waals surface area (Å²) in [6.07, 6.45) is 0. The van der Waals surface area contributed by atoms with Crippen molar-refractivity contribution in [3.05, 3.63) is 145 Å². The summed E-state index contributed by atoms with van der Waals surface area (Å²) in [6.45, 7) is 6.85. The molecule has 0 radical (unpaired) electrons. The van der Waals surface area contributed by atoms with Crippen molar-refractivity contribution in [1.29, 1.82) is 0 Å². The maximum absolute atomic E-state index is 2.49. The highest BCUT2D eigenvalue weighted by atomic mass is 32.1. The van der Waals surface area contributed by atoms with Crippen molar-refractivity contribution in [3.8, 4) is 22.3 Å². The van der Waals surface area contributed by atoms with Crippen LogP contribution in [0.3, 0.4) is 0 Å². The molecule has 0 aliphatic heterocycles. The molecule has 0 nitrogen and oxygen atoms in total. The predicted octanol–water partition coefficient (Wildman–Crippen LogP) is 14.5. The van der Waals surface area contributed by atoms with Gasteiger partial charge in [0.25, 0.3) is 0 Å². The summed E-state index contributed by atoms with van der Waals surface area (Å²) in [6, 6.07) is 52.5. The first kappa shape index (κ1) is 28.0. The Kier molecular flexibility index (Phi) is 5.98. The third-order valence-electron chi connectivity index (χ3n) is 10.2. The monoisotopic (exact) mass is 648 g/mol. The van der Waals surface area contributed by atoms with Crippen LogP contribution in [-0.4, -0.2) is 0 Å². The van der Waals surface area contributed by atoms with Crippen LogP contribution in [0.2, 0.25) is 0 Å². The number of rotatable bonds is 2. The van der Waals surface area contributed by atoms with Gasteiger partial charge in [0.1, 0.15) is 0 Å². The lowest BCUT2D eigenvalue weighted by molar-refractivity contribution is 0.590. The zero-order valence-corrected chi connectivity index (χ0v) is 28.7. The Morgan fingerprint density at radius 2 is 0.938 bits per heavy atom. The topological polar surface area (TPSA) is 0 Å². The molecule has 2 heteroatoms. The number of hydrogen-bond donors (Lipinski definition) is 0. The smallest absolute Gasteiger partial charge is 0.0440 e. The van der Waals surface area contributed by atoms with E-state index in [4.69, 9.17) is 0 Å². The highest BCUT2D eigenvalue weighted by Gasteiger charge is 2.23. The molecule has 0 saturated carbocycles. The minimum absolute atomic E-state index is 0.110. The fraction of sp³-hybridized carbons (Fsp3) is 0.0870. The van der Waals surface area contributed by atoms with Gasteiger partial charge in [-0.1, -0.05) is 136 Å². The third-order valence-corrected chi connectivity index (χ3v) is 12.5. The molecule has 10 aromatic rings. The van der Waals surface area contributed by atoms with Gasteiger partial charge >= 0.3 is 0 Å². The minimum atomic E-state index is 0.110. The fourth-order valence-electron chi connectivity index (χ4n) is 7.98. The van der Waals surface area contributed by atoms with Gasteiger partial charge in [0.2, 0.25) is 0 Å². The van der Waals surface area contributed by atoms with Crippen molar-refractivity contribution in [2.24, 2.45) is 0 Å². The molecule has 0 saturated heterocycles. The molecule has 0 bridgehead atoms. The second-order valence-electron chi connectivity index (χ2n) is 14.0. The molecule has 0 amide bonds. The molecule has 0 N–H and O–H groups in total. The molecule has 48 heavy (non-hydrogen) atoms. The van der Waals surface area contributed by atoms with Gasteiger partial charge in [-0.3, -0.25) is 0 Å². The molecule has 0 atom stereocenters. The van der Waals surface area contributed by atoms with Crippen molar-refractivity contribution in [3.63, 3.8) is 0 Å². The van der Waals surface area contributed by atoms with E-state index in [9.17, 15) is 0 Å². The van der Waals surface area contributed by atoms with Gasteiger partial charge in [0, 0.05) is 51.3 Å². The zero-order chi connectivity index (χ0) is 32.1. The van der Waals surface area contributed by atoms with E-state index in [1.807, 2.05) is 22.7 Å². The van der Waals surface area contributed by atoms with E-state index < -0.39 is 0 Å². The summed E-state index contributed by atoms with van der Waals surface area (Å²) < 4.78 is 5.40. The van der Waals surface area contributed by atoms with Gasteiger partial charge in [0.05, 0.1) is 0 Å². The molecule has 228 valence electrons. The largest absolute Gasteiger partial charge is 0.135 e. The van der Waals surface area contributed by atoms with Crippen LogP contribution in [0, 0.1) is 0 Å². The molecule has 0 fully saturated rings. The van der Waals surface area contributed by atoms with Gasteiger partial charge in [-0.05, 0) is 78.9 Å². The Morgan fingerprint density at radius 3 is 1.54 bits per heavy atom. The molecule has 0 unspecified atom stereocenters. The second kappa shape index (κ2) is 10.2. The summed E-state index contributed by atoms with van der Waals surface area (Å²) in [7, 11) is 0. The van der Waals surface area contributed by atoms with Crippen molar-refractivity contribution in [2.75, 3.05) is 0 Å². The number of benzene rings is 8. The maximum Gasteiger partial charge on any atom is 0.0440 e. The van der Waals surface area contributed by atoms with E-state index in [0.717, 1.165) is 0 Å². The molecule has 0 aliphatic carbocycles. The van der Waals surface area contributed by atoms with Crippen LogP contribution in [0.1, 0.15) is 26.3 Å². The summed E-state index contributed by atoms with van der Waals surface area (Å²) in [4.78, 5) is 0. The van der Waals surface area contributed by atoms with E-state index in [1.54, 1.807) is 0 Å². The number of fused-ring (bicyclic) bond motifs is 11. The molecule has 10 rings (SSSR count). The first-order valence-electron chi connectivity index (χ1n) is 16.7. The van der Waals surface area contributed by atoms with Gasteiger partial charge in [0.15, 0.2) is 0 Å². The number of thiophene rings is 2. The van der Waals surface area contributed by atoms with Gasteiger partial charge in [-0.25, -0.2) is 0 Å². The van der Waals surface area contributed by atoms with E-state index in [0.29, 0.717) is 0 Å². The van der Waals surface area contributed by atoms with Crippen LogP contribution in [0.5, 0.6) is 0 Å². The Bertz CT molecular complexity index is 2850. The lowest BCUT2D eigenvalue weighted by Crippen LogP contribution is -2.10. The van der Waals surface area contributed by atoms with Crippen LogP contribution >= 0.6 is 22.7 Å². The van der Waals surface area contributed by atoms with Crippen molar-refractivity contribution in [2.45, 2.75) is 26.2 Å². The van der Waals surface area contributed by atoms with Crippen LogP contribution in [0.4, 0.5) is 0 Å². The van der Waals surface area contributed by atoms with Gasteiger partial charge < -0.3 is 0 Å². The average molecular weight is 649 g/mol. The quantitative estimate of drug-likeness (QED) is 0.164. The summed E-state index contributed by atoms with van der Waals surface area (Å²) in [5.74, 6) is 0. The van der Waals surface area contributed by atoms with E-state index in [1.165, 1.54) is 100 Å². The van der Waals surface area contributed by atoms with Crippen molar-refractivity contribution >= 4 is 95.3 Å². The fourth-order valence-corrected chi connectivity index (χ4v) is 10.3. The Morgan fingerprint density at radius 1 is 0.417 bits per heavy atom. The standard InChI is InChI=1S/C46H32S2/c1-46(2,3)29-23-20-27(21-24-29)40-30-12-4-6-14-32(30)42(33-15-7-5-13-31(33)40)36-26-28-22-25-39-43(34-16-8-10-18-37(34)47-39)41(28)44-35-17-9-11-19-38(35)48-45(36)44/h4-26H,1-3H3. The summed E-state index contributed by atoms with van der Waals surface area (Å²) in [5.41, 5.74) is 6.68. The van der Waals surface area contributed by atoms with Gasteiger partial charge in [-0.15, -0.1) is 22.7 Å². The molecule has 0 spiro atoms. The maximum atomic E-state index is 2.49. The SMILES string of the molecule is CC(C)(C)c1ccc(-c2c3ccccc3c(-c3cc4ccc5sc6ccccc6c5c4c4c3sc3ccccc34)c3ccccc23)cc1. The van der Waals surface area contributed by atoms with E-state index in [-0.39, 0.29) is 5.41 Å². The van der Waals surface area contributed by atoms with Crippen molar-refractivity contribution in [1.82, 2.24) is 0 Å². The lowest BCUT2D eigenvalue weighted by Gasteiger charge is -2.21. The minimum Gasteiger partial charge on any atom is -0.135 e. The summed E-state index contributed by atoms with van der Waals surface area (Å²) >= 11 is 3.84. The van der Waals surface area contributed by atoms with Crippen LogP contribution in [0.15, 0.2) is 140 Å². The van der Waals surface area contributed by atoms with E-state index >= 15 is 0 Å². The molecule has 0 aliphatic rings. The molecule has 2 aromatic heterocycles. The molecular weight excluding hydrogens is 617 g/mol. The van der Waals surface area contributed by atoms with Crippen LogP contribution in [0.25, 0.3) is 94.9 Å². The lowest BCUT2D eigenvalue weighted by atomic mass is 9.83. The molecule has 2 heterocycles. The Balaban J connectivity index is 1.37. The van der Waals surface area contributed by atoms with Crippen molar-refractivity contribution < 1.29 is 0 Å². The molecule has 8 aromatic carbocycles. The first-order valence-corrected chi connectivity index (χ1v) is 18.3. The second-order valence-corrected chi connectivity index (χ2v) is 16.2. The first-order chi connectivity index (χ1) is 23.5. The number of hydrogen-bond acceptors (Lipinski definition) is 2. The summed E-state index contributed by atoms with van der Waals surface area (Å²) in [5, 5.41) is 13.3. The van der Waals surface area contributed by atoms with E-state index in [2.05, 4.69) is 160 Å². The highest BCUT2D eigenvalue weighted by molar-refractivity contribution is 7.27. The highest BCUT2D eigenvalue weighted by Crippen LogP contribution is 2.52. The zero-order valence-electron chi connectivity index (χ0n) is 27.1. The Hall–Kier alpha value is -5.02. The van der Waals surface area contributed by atoms with Gasteiger partial charge in [-0.2, -0.15) is 0 Å². The third kappa shape index (κ3) is 4.00. The average Bonchev–Trinajstić information content (AvgIpc) is 3.69.